The highest BCUT2D eigenvalue weighted by Crippen LogP contribution is 2.34. The van der Waals surface area contributed by atoms with Crippen molar-refractivity contribution in [2.75, 3.05) is 13.7 Å². The van der Waals surface area contributed by atoms with Crippen LogP contribution in [0.25, 0.3) is 6.08 Å². The summed E-state index contributed by atoms with van der Waals surface area (Å²) in [7, 11) is 1.62. The van der Waals surface area contributed by atoms with Crippen molar-refractivity contribution in [2.45, 2.75) is 56.2 Å². The third-order valence-corrected chi connectivity index (χ3v) is 8.04. The van der Waals surface area contributed by atoms with Crippen molar-refractivity contribution in [1.29, 1.82) is 0 Å². The Kier molecular flexibility index (Phi) is 8.25. The van der Waals surface area contributed by atoms with Crippen molar-refractivity contribution in [2.24, 2.45) is 0 Å². The molecule has 2 aliphatic carbocycles. The first-order valence-electron chi connectivity index (χ1n) is 11.6. The van der Waals surface area contributed by atoms with Crippen LogP contribution in [0.4, 0.5) is 0 Å². The minimum atomic E-state index is -0.133. The van der Waals surface area contributed by atoms with Gasteiger partial charge in [-0.05, 0) is 52.5 Å². The fourth-order valence-electron chi connectivity index (χ4n) is 4.49. The lowest BCUT2D eigenvalue weighted by Gasteiger charge is -2.23. The van der Waals surface area contributed by atoms with E-state index in [1.807, 2.05) is 42.5 Å². The molecule has 0 spiro atoms. The number of nitrogens with zero attached hydrogens (tertiary/aromatic N) is 1. The summed E-state index contributed by atoms with van der Waals surface area (Å²) in [6.07, 6.45) is 17.9. The second-order valence-corrected chi connectivity index (χ2v) is 10.6. The molecule has 0 bridgehead atoms. The van der Waals surface area contributed by atoms with Crippen molar-refractivity contribution in [1.82, 2.24) is 5.32 Å². The summed E-state index contributed by atoms with van der Waals surface area (Å²) in [6, 6.07) is 5.93. The van der Waals surface area contributed by atoms with Crippen molar-refractivity contribution in [3.8, 4) is 5.75 Å². The molecule has 33 heavy (non-hydrogen) atoms. The molecular weight excluding hydrogens is 500 g/mol. The molecule has 4 rings (SSSR count). The number of nitrogens with one attached hydrogen (secondary N) is 1. The van der Waals surface area contributed by atoms with E-state index in [0.717, 1.165) is 47.2 Å². The SMILES string of the molecule is COc1ccc(/C=C2/SC3C=CC=CC3=[N+](CC(=O)NC3CCCCCCC3)C2=O)cc1Br. The molecule has 2 amide bonds. The van der Waals surface area contributed by atoms with Crippen LogP contribution in [0.15, 0.2) is 51.9 Å². The average Bonchev–Trinajstić information content (AvgIpc) is 2.78. The molecule has 1 aromatic carbocycles. The zero-order valence-electron chi connectivity index (χ0n) is 18.9. The molecule has 1 fully saturated rings. The number of methoxy groups -OCH3 is 1. The standard InChI is InChI=1S/C26H29BrN2O3S/c1-32-22-14-13-18(15-20(22)27)16-24-26(31)29(21-11-7-8-12-23(21)33-24)17-25(30)28-19-9-5-3-2-4-6-10-19/h7-8,11-16,19,23H,2-6,9-10,17H2,1H3/p+1/b24-16+. The van der Waals surface area contributed by atoms with Gasteiger partial charge in [-0.15, -0.1) is 4.58 Å². The highest BCUT2D eigenvalue weighted by Gasteiger charge is 2.39. The van der Waals surface area contributed by atoms with E-state index in [1.165, 1.54) is 31.0 Å². The Labute approximate surface area is 208 Å². The number of halogens is 1. The van der Waals surface area contributed by atoms with Gasteiger partial charge in [0.25, 0.3) is 5.91 Å². The molecule has 174 valence electrons. The van der Waals surface area contributed by atoms with Gasteiger partial charge >= 0.3 is 5.91 Å². The van der Waals surface area contributed by atoms with Crippen LogP contribution < -0.4 is 10.1 Å². The summed E-state index contributed by atoms with van der Waals surface area (Å²) >= 11 is 5.03. The van der Waals surface area contributed by atoms with Crippen molar-refractivity contribution >= 4 is 51.3 Å². The molecule has 7 heteroatoms. The van der Waals surface area contributed by atoms with Crippen molar-refractivity contribution in [3.63, 3.8) is 0 Å². The van der Waals surface area contributed by atoms with E-state index in [0.29, 0.717) is 4.91 Å². The minimum Gasteiger partial charge on any atom is -0.496 e. The lowest BCUT2D eigenvalue weighted by atomic mass is 9.97. The third-order valence-electron chi connectivity index (χ3n) is 6.22. The van der Waals surface area contributed by atoms with Crippen LogP contribution in [0.1, 0.15) is 50.5 Å². The summed E-state index contributed by atoms with van der Waals surface area (Å²) in [6.45, 7) is 0.0452. The summed E-state index contributed by atoms with van der Waals surface area (Å²) < 4.78 is 7.78. The summed E-state index contributed by atoms with van der Waals surface area (Å²) in [5, 5.41) is 3.21. The maximum atomic E-state index is 13.5. The van der Waals surface area contributed by atoms with Crippen LogP contribution in [0, 0.1) is 0 Å². The number of hydrogen-bond donors (Lipinski definition) is 1. The molecule has 0 saturated heterocycles. The maximum absolute atomic E-state index is 13.5. The highest BCUT2D eigenvalue weighted by molar-refractivity contribution is 9.10. The lowest BCUT2D eigenvalue weighted by Crippen LogP contribution is -2.45. The molecule has 1 heterocycles. The third kappa shape index (κ3) is 6.07. The first kappa shape index (κ1) is 24.0. The molecule has 1 atom stereocenters. The van der Waals surface area contributed by atoms with Crippen LogP contribution in [0.5, 0.6) is 5.75 Å². The fourth-order valence-corrected chi connectivity index (χ4v) is 6.24. The van der Waals surface area contributed by atoms with Crippen LogP contribution >= 0.6 is 27.7 Å². The van der Waals surface area contributed by atoms with Gasteiger partial charge in [0.05, 0.1) is 11.6 Å². The molecule has 0 aromatic heterocycles. The van der Waals surface area contributed by atoms with E-state index < -0.39 is 0 Å². The Morgan fingerprint density at radius 3 is 2.70 bits per heavy atom. The molecule has 1 saturated carbocycles. The quantitative estimate of drug-likeness (QED) is 0.418. The van der Waals surface area contributed by atoms with Gasteiger partial charge in [0, 0.05) is 12.1 Å². The zero-order valence-corrected chi connectivity index (χ0v) is 21.3. The number of ether oxygens (including phenoxy) is 1. The number of rotatable bonds is 5. The largest absolute Gasteiger partial charge is 0.496 e. The number of fused-ring (bicyclic) bond motifs is 1. The molecule has 0 radical (unpaired) electrons. The first-order valence-corrected chi connectivity index (χ1v) is 13.3. The van der Waals surface area contributed by atoms with Crippen molar-refractivity contribution < 1.29 is 18.9 Å². The average molecular weight is 531 g/mol. The molecule has 3 aliphatic rings. The number of amides is 2. The van der Waals surface area contributed by atoms with Gasteiger partial charge in [-0.3, -0.25) is 4.79 Å². The summed E-state index contributed by atoms with van der Waals surface area (Å²) in [4.78, 5) is 27.1. The number of allylic oxidation sites excluding steroid dienone is 3. The van der Waals surface area contributed by atoms with Gasteiger partial charge in [0.2, 0.25) is 12.3 Å². The van der Waals surface area contributed by atoms with Crippen LogP contribution in [-0.2, 0) is 9.59 Å². The van der Waals surface area contributed by atoms with Crippen LogP contribution in [-0.4, -0.2) is 47.0 Å². The minimum absolute atomic E-state index is 0.00910. The number of benzene rings is 1. The Bertz CT molecular complexity index is 1040. The molecular formula is C26H30BrN2O3S+. The molecule has 1 aromatic rings. The summed E-state index contributed by atoms with van der Waals surface area (Å²) in [5.41, 5.74) is 1.77. The second kappa shape index (κ2) is 11.3. The predicted molar refractivity (Wildman–Crippen MR) is 138 cm³/mol. The Morgan fingerprint density at radius 2 is 1.97 bits per heavy atom. The van der Waals surface area contributed by atoms with E-state index in [1.54, 1.807) is 11.7 Å². The number of carbonyl (C=O) groups is 2. The number of hydrogen-bond acceptors (Lipinski definition) is 4. The zero-order chi connectivity index (χ0) is 23.2. The molecule has 1 aliphatic heterocycles. The van der Waals surface area contributed by atoms with E-state index in [4.69, 9.17) is 4.74 Å². The normalized spacial score (nSPS) is 22.7. The lowest BCUT2D eigenvalue weighted by molar-refractivity contribution is -0.434. The van der Waals surface area contributed by atoms with Crippen molar-refractivity contribution in [3.05, 3.63) is 57.4 Å². The number of thioether (sulfide) groups is 1. The summed E-state index contributed by atoms with van der Waals surface area (Å²) in [5.74, 6) is 0.524. The number of carbonyl (C=O) groups excluding carboxylic acids is 2. The van der Waals surface area contributed by atoms with Gasteiger partial charge < -0.3 is 10.1 Å². The topological polar surface area (TPSA) is 58.4 Å². The van der Waals surface area contributed by atoms with E-state index >= 15 is 0 Å². The molecule has 5 nitrogen and oxygen atoms in total. The maximum Gasteiger partial charge on any atom is 0.426 e. The van der Waals surface area contributed by atoms with Gasteiger partial charge in [0.1, 0.15) is 15.9 Å². The predicted octanol–water partition coefficient (Wildman–Crippen LogP) is 5.25. The van der Waals surface area contributed by atoms with E-state index in [2.05, 4.69) is 27.3 Å². The fraction of sp³-hybridized carbons (Fsp3) is 0.423. The second-order valence-electron chi connectivity index (χ2n) is 8.61. The smallest absolute Gasteiger partial charge is 0.426 e. The van der Waals surface area contributed by atoms with Gasteiger partial charge in [0.15, 0.2) is 0 Å². The first-order chi connectivity index (χ1) is 16.0. The van der Waals surface area contributed by atoms with Crippen LogP contribution in [0.2, 0.25) is 0 Å². The van der Waals surface area contributed by atoms with Gasteiger partial charge in [-0.25, -0.2) is 4.79 Å². The Balaban J connectivity index is 1.55. The van der Waals surface area contributed by atoms with E-state index in [-0.39, 0.29) is 29.7 Å². The molecule has 1 N–H and O–H groups in total. The highest BCUT2D eigenvalue weighted by atomic mass is 79.9. The van der Waals surface area contributed by atoms with Gasteiger partial charge in [-0.2, -0.15) is 0 Å². The van der Waals surface area contributed by atoms with Crippen LogP contribution in [0.3, 0.4) is 0 Å². The Morgan fingerprint density at radius 1 is 1.21 bits per heavy atom. The monoisotopic (exact) mass is 529 g/mol. The molecule has 1 unspecified atom stereocenters. The van der Waals surface area contributed by atoms with E-state index in [9.17, 15) is 9.59 Å². The van der Waals surface area contributed by atoms with Gasteiger partial charge in [-0.1, -0.05) is 68.2 Å². The Hall–Kier alpha value is -2.12.